The number of hydrogen-bond acceptors (Lipinski definition) is 4. The highest BCUT2D eigenvalue weighted by molar-refractivity contribution is 7.92. The Bertz CT molecular complexity index is 1190. The van der Waals surface area contributed by atoms with Crippen molar-refractivity contribution in [3.63, 3.8) is 0 Å². The number of hydrazone groups is 1. The Morgan fingerprint density at radius 2 is 1.68 bits per heavy atom. The van der Waals surface area contributed by atoms with Crippen molar-refractivity contribution in [3.05, 3.63) is 94.5 Å². The van der Waals surface area contributed by atoms with Crippen molar-refractivity contribution in [2.24, 2.45) is 5.10 Å². The van der Waals surface area contributed by atoms with E-state index >= 15 is 0 Å². The first-order valence-electron chi connectivity index (χ1n) is 9.50. The molecule has 1 N–H and O–H groups in total. The maximum absolute atomic E-state index is 13.3. The van der Waals surface area contributed by atoms with Gasteiger partial charge in [-0.25, -0.2) is 13.8 Å². The van der Waals surface area contributed by atoms with Crippen LogP contribution in [0.1, 0.15) is 16.7 Å². The van der Waals surface area contributed by atoms with E-state index in [9.17, 15) is 13.2 Å². The molecule has 0 heterocycles. The fraction of sp³-hybridized carbons (Fsp3) is 0.130. The van der Waals surface area contributed by atoms with Crippen molar-refractivity contribution >= 4 is 39.4 Å². The molecule has 0 saturated carbocycles. The zero-order chi connectivity index (χ0) is 22.4. The summed E-state index contributed by atoms with van der Waals surface area (Å²) in [5.41, 5.74) is 5.52. The molecule has 3 aromatic rings. The Labute approximate surface area is 187 Å². The van der Waals surface area contributed by atoms with Crippen LogP contribution in [0.2, 0.25) is 5.02 Å². The van der Waals surface area contributed by atoms with E-state index < -0.39 is 22.5 Å². The number of nitrogens with one attached hydrogen (secondary N) is 1. The first-order valence-corrected chi connectivity index (χ1v) is 11.3. The molecule has 0 aliphatic heterocycles. The third kappa shape index (κ3) is 5.71. The number of sulfonamides is 1. The number of nitrogens with zero attached hydrogens (tertiary/aromatic N) is 2. The number of rotatable bonds is 7. The van der Waals surface area contributed by atoms with Crippen LogP contribution in [0.4, 0.5) is 5.69 Å². The van der Waals surface area contributed by atoms with Crippen molar-refractivity contribution in [3.8, 4) is 0 Å². The molecule has 1 amide bonds. The third-order valence-electron chi connectivity index (χ3n) is 4.67. The first-order chi connectivity index (χ1) is 14.8. The Morgan fingerprint density at radius 3 is 2.32 bits per heavy atom. The van der Waals surface area contributed by atoms with Crippen molar-refractivity contribution in [2.75, 3.05) is 10.8 Å². The van der Waals surface area contributed by atoms with E-state index in [0.717, 1.165) is 21.0 Å². The van der Waals surface area contributed by atoms with Gasteiger partial charge in [-0.1, -0.05) is 48.0 Å². The van der Waals surface area contributed by atoms with E-state index in [2.05, 4.69) is 10.5 Å². The Kier molecular flexibility index (Phi) is 7.09. The van der Waals surface area contributed by atoms with Gasteiger partial charge in [0.05, 0.1) is 16.8 Å². The number of carbonyl (C=O) groups is 1. The van der Waals surface area contributed by atoms with Crippen molar-refractivity contribution < 1.29 is 13.2 Å². The number of aryl methyl sites for hydroxylation is 2. The highest BCUT2D eigenvalue weighted by Gasteiger charge is 2.27. The quantitative estimate of drug-likeness (QED) is 0.426. The van der Waals surface area contributed by atoms with Crippen LogP contribution in [0, 0.1) is 13.8 Å². The summed E-state index contributed by atoms with van der Waals surface area (Å²) >= 11 is 5.90. The molecule has 0 aliphatic rings. The lowest BCUT2D eigenvalue weighted by molar-refractivity contribution is -0.119. The van der Waals surface area contributed by atoms with Crippen LogP contribution in [0.25, 0.3) is 0 Å². The maximum Gasteiger partial charge on any atom is 0.264 e. The molecule has 3 aromatic carbocycles. The average Bonchev–Trinajstić information content (AvgIpc) is 2.75. The third-order valence-corrected chi connectivity index (χ3v) is 6.71. The number of benzene rings is 3. The fourth-order valence-electron chi connectivity index (χ4n) is 2.81. The Hall–Kier alpha value is -3.16. The van der Waals surface area contributed by atoms with Gasteiger partial charge in [-0.05, 0) is 66.9 Å². The lowest BCUT2D eigenvalue weighted by atomic mass is 10.1. The van der Waals surface area contributed by atoms with Gasteiger partial charge in [-0.15, -0.1) is 0 Å². The topological polar surface area (TPSA) is 78.8 Å². The van der Waals surface area contributed by atoms with Crippen LogP contribution in [-0.4, -0.2) is 27.1 Å². The summed E-state index contributed by atoms with van der Waals surface area (Å²) in [6.07, 6.45) is 1.49. The van der Waals surface area contributed by atoms with E-state index in [4.69, 9.17) is 11.6 Å². The number of amides is 1. The van der Waals surface area contributed by atoms with Gasteiger partial charge in [0.25, 0.3) is 15.9 Å². The predicted molar refractivity (Wildman–Crippen MR) is 124 cm³/mol. The van der Waals surface area contributed by atoms with Crippen LogP contribution in [0.15, 0.2) is 82.8 Å². The second kappa shape index (κ2) is 9.76. The minimum Gasteiger partial charge on any atom is -0.271 e. The minimum atomic E-state index is -4.01. The molecule has 0 aliphatic carbocycles. The highest BCUT2D eigenvalue weighted by atomic mass is 35.5. The number of anilines is 1. The van der Waals surface area contributed by atoms with Crippen molar-refractivity contribution in [2.45, 2.75) is 18.7 Å². The molecular weight excluding hydrogens is 434 g/mol. The lowest BCUT2D eigenvalue weighted by Crippen LogP contribution is -2.39. The molecule has 0 saturated heterocycles. The van der Waals surface area contributed by atoms with Gasteiger partial charge in [0.15, 0.2) is 0 Å². The standard InChI is InChI=1S/C23H22ClN3O3S/c1-17-8-11-21(14-18(17)2)27(31(29,30)22-12-9-20(24)10-13-22)16-23(28)26-25-15-19-6-4-3-5-7-19/h3-15H,16H2,1-2H3,(H,26,28)/b25-15-. The smallest absolute Gasteiger partial charge is 0.264 e. The lowest BCUT2D eigenvalue weighted by Gasteiger charge is -2.24. The monoisotopic (exact) mass is 455 g/mol. The molecule has 160 valence electrons. The summed E-state index contributed by atoms with van der Waals surface area (Å²) in [6.45, 7) is 3.39. The summed E-state index contributed by atoms with van der Waals surface area (Å²) in [6, 6.07) is 20.3. The van der Waals surface area contributed by atoms with Crippen LogP contribution >= 0.6 is 11.6 Å². The second-order valence-electron chi connectivity index (χ2n) is 6.94. The van der Waals surface area contributed by atoms with Gasteiger partial charge >= 0.3 is 0 Å². The zero-order valence-corrected chi connectivity index (χ0v) is 18.7. The molecule has 0 fully saturated rings. The van der Waals surface area contributed by atoms with E-state index in [1.54, 1.807) is 12.1 Å². The molecule has 8 heteroatoms. The van der Waals surface area contributed by atoms with Crippen LogP contribution in [0.5, 0.6) is 0 Å². The summed E-state index contributed by atoms with van der Waals surface area (Å²) < 4.78 is 27.7. The number of carbonyl (C=O) groups excluding carboxylic acids is 1. The SMILES string of the molecule is Cc1ccc(N(CC(=O)N/N=C\c2ccccc2)S(=O)(=O)c2ccc(Cl)cc2)cc1C. The summed E-state index contributed by atoms with van der Waals surface area (Å²) in [4.78, 5) is 12.6. The maximum atomic E-state index is 13.3. The normalized spacial score (nSPS) is 11.5. The average molecular weight is 456 g/mol. The number of hydrogen-bond donors (Lipinski definition) is 1. The summed E-state index contributed by atoms with van der Waals surface area (Å²) in [7, 11) is -4.01. The highest BCUT2D eigenvalue weighted by Crippen LogP contribution is 2.26. The molecule has 6 nitrogen and oxygen atoms in total. The fourth-order valence-corrected chi connectivity index (χ4v) is 4.35. The zero-order valence-electron chi connectivity index (χ0n) is 17.1. The van der Waals surface area contributed by atoms with E-state index in [0.29, 0.717) is 10.7 Å². The second-order valence-corrected chi connectivity index (χ2v) is 9.24. The minimum absolute atomic E-state index is 0.0377. The molecule has 0 spiro atoms. The molecule has 0 aromatic heterocycles. The number of halogens is 1. The molecule has 0 atom stereocenters. The van der Waals surface area contributed by atoms with Crippen molar-refractivity contribution in [1.29, 1.82) is 0 Å². The molecule has 0 bridgehead atoms. The Morgan fingerprint density at radius 1 is 1.00 bits per heavy atom. The largest absolute Gasteiger partial charge is 0.271 e. The van der Waals surface area contributed by atoms with Gasteiger partial charge < -0.3 is 0 Å². The van der Waals surface area contributed by atoms with Gasteiger partial charge in [0, 0.05) is 5.02 Å². The van der Waals surface area contributed by atoms with Crippen molar-refractivity contribution in [1.82, 2.24) is 5.43 Å². The van der Waals surface area contributed by atoms with Crippen LogP contribution in [-0.2, 0) is 14.8 Å². The molecule has 31 heavy (non-hydrogen) atoms. The molecule has 0 unspecified atom stereocenters. The first kappa shape index (κ1) is 22.5. The van der Waals surface area contributed by atoms with E-state index in [1.165, 1.54) is 30.5 Å². The summed E-state index contributed by atoms with van der Waals surface area (Å²) in [5, 5.41) is 4.34. The van der Waals surface area contributed by atoms with Gasteiger partial charge in [-0.2, -0.15) is 5.10 Å². The molecule has 3 rings (SSSR count). The van der Waals surface area contributed by atoms with Gasteiger partial charge in [0.1, 0.15) is 6.54 Å². The Balaban J connectivity index is 1.88. The molecule has 0 radical (unpaired) electrons. The molecular formula is C23H22ClN3O3S. The summed E-state index contributed by atoms with van der Waals surface area (Å²) in [5.74, 6) is -0.567. The predicted octanol–water partition coefficient (Wildman–Crippen LogP) is 4.30. The van der Waals surface area contributed by atoms with Gasteiger partial charge in [-0.3, -0.25) is 9.10 Å². The van der Waals surface area contributed by atoms with Crippen LogP contribution < -0.4 is 9.73 Å². The van der Waals surface area contributed by atoms with Gasteiger partial charge in [0.2, 0.25) is 0 Å². The van der Waals surface area contributed by atoms with Crippen LogP contribution in [0.3, 0.4) is 0 Å². The van der Waals surface area contributed by atoms with E-state index in [-0.39, 0.29) is 4.90 Å². The van der Waals surface area contributed by atoms with E-state index in [1.807, 2.05) is 50.2 Å².